The van der Waals surface area contributed by atoms with Crippen molar-refractivity contribution in [2.75, 3.05) is 51.0 Å². The zero-order valence-electron chi connectivity index (χ0n) is 13.9. The van der Waals surface area contributed by atoms with Gasteiger partial charge in [-0.05, 0) is 31.9 Å². The lowest BCUT2D eigenvalue weighted by molar-refractivity contribution is 0.0419. The van der Waals surface area contributed by atoms with Gasteiger partial charge in [-0.15, -0.1) is 24.0 Å². The summed E-state index contributed by atoms with van der Waals surface area (Å²) in [6.07, 6.45) is 3.04. The van der Waals surface area contributed by atoms with Gasteiger partial charge in [0.1, 0.15) is 0 Å². The monoisotopic (exact) mass is 459 g/mol. The Labute approximate surface area is 160 Å². The number of rotatable bonds is 8. The lowest BCUT2D eigenvalue weighted by atomic mass is 10.1. The molecule has 0 aromatic heterocycles. The van der Waals surface area contributed by atoms with Crippen LogP contribution in [0.3, 0.4) is 0 Å². The summed E-state index contributed by atoms with van der Waals surface area (Å²) >= 11 is 1.80. The quantitative estimate of drug-likeness (QED) is 0.220. The standard InChI is InChI=1S/C15H29N3O3S.HI/c1-2-16-14(18-11-15(19)5-9-22-12-15)17-6-3-7-21-13-4-8-20-10-13;/h13,19H,2-12H2,1H3,(H2,16,17,18);1H. The Bertz CT molecular complexity index is 349. The summed E-state index contributed by atoms with van der Waals surface area (Å²) in [5.74, 6) is 2.59. The average Bonchev–Trinajstić information content (AvgIpc) is 3.16. The van der Waals surface area contributed by atoms with Gasteiger partial charge in [-0.1, -0.05) is 0 Å². The molecule has 2 aliphatic heterocycles. The minimum absolute atomic E-state index is 0. The summed E-state index contributed by atoms with van der Waals surface area (Å²) in [4.78, 5) is 4.51. The first-order chi connectivity index (χ1) is 10.7. The highest BCUT2D eigenvalue weighted by Crippen LogP contribution is 2.27. The van der Waals surface area contributed by atoms with E-state index in [0.29, 0.717) is 6.54 Å². The van der Waals surface area contributed by atoms with Gasteiger partial charge in [-0.25, -0.2) is 0 Å². The summed E-state index contributed by atoms with van der Waals surface area (Å²) < 4.78 is 11.0. The number of halogens is 1. The van der Waals surface area contributed by atoms with Crippen LogP contribution in [0.1, 0.15) is 26.2 Å². The van der Waals surface area contributed by atoms with Crippen LogP contribution in [0.5, 0.6) is 0 Å². The summed E-state index contributed by atoms with van der Waals surface area (Å²) in [6, 6.07) is 0. The Kier molecular flexibility index (Phi) is 10.8. The molecule has 2 atom stereocenters. The molecular weight excluding hydrogens is 429 g/mol. The molecule has 2 aliphatic rings. The normalized spacial score (nSPS) is 27.7. The fourth-order valence-corrected chi connectivity index (χ4v) is 3.75. The Balaban J connectivity index is 0.00000264. The van der Waals surface area contributed by atoms with E-state index in [4.69, 9.17) is 9.47 Å². The molecule has 2 fully saturated rings. The predicted octanol–water partition coefficient (Wildman–Crippen LogP) is 1.22. The van der Waals surface area contributed by atoms with Crippen LogP contribution in [0.4, 0.5) is 0 Å². The summed E-state index contributed by atoms with van der Waals surface area (Å²) in [5, 5.41) is 16.8. The van der Waals surface area contributed by atoms with Crippen molar-refractivity contribution in [1.29, 1.82) is 0 Å². The molecule has 0 radical (unpaired) electrons. The number of hydrogen-bond acceptors (Lipinski definition) is 5. The molecule has 136 valence electrons. The number of guanidine groups is 1. The molecule has 0 aliphatic carbocycles. The Morgan fingerprint density at radius 3 is 3.00 bits per heavy atom. The van der Waals surface area contributed by atoms with Crippen LogP contribution >= 0.6 is 35.7 Å². The first-order valence-corrected chi connectivity index (χ1v) is 9.39. The number of ether oxygens (including phenoxy) is 2. The molecule has 2 rings (SSSR count). The highest BCUT2D eigenvalue weighted by atomic mass is 127. The molecule has 2 unspecified atom stereocenters. The number of hydrogen-bond donors (Lipinski definition) is 3. The molecule has 23 heavy (non-hydrogen) atoms. The number of aliphatic hydroxyl groups is 1. The molecule has 8 heteroatoms. The largest absolute Gasteiger partial charge is 0.387 e. The lowest BCUT2D eigenvalue weighted by Gasteiger charge is -2.20. The second-order valence-electron chi connectivity index (χ2n) is 5.86. The third kappa shape index (κ3) is 8.24. The summed E-state index contributed by atoms with van der Waals surface area (Å²) in [5.41, 5.74) is -0.626. The molecule has 0 spiro atoms. The maximum Gasteiger partial charge on any atom is 0.191 e. The van der Waals surface area contributed by atoms with E-state index in [9.17, 15) is 5.11 Å². The molecule has 2 saturated heterocycles. The highest BCUT2D eigenvalue weighted by molar-refractivity contribution is 14.0. The maximum atomic E-state index is 10.3. The number of nitrogens with one attached hydrogen (secondary N) is 2. The van der Waals surface area contributed by atoms with E-state index < -0.39 is 5.60 Å². The topological polar surface area (TPSA) is 75.1 Å². The zero-order chi connectivity index (χ0) is 15.7. The smallest absolute Gasteiger partial charge is 0.191 e. The van der Waals surface area contributed by atoms with Gasteiger partial charge in [0, 0.05) is 32.1 Å². The van der Waals surface area contributed by atoms with Crippen molar-refractivity contribution in [3.63, 3.8) is 0 Å². The Hall–Kier alpha value is 0.230. The summed E-state index contributed by atoms with van der Waals surface area (Å²) in [7, 11) is 0. The van der Waals surface area contributed by atoms with Crippen LogP contribution in [0, 0.1) is 0 Å². The van der Waals surface area contributed by atoms with Gasteiger partial charge in [0.25, 0.3) is 0 Å². The van der Waals surface area contributed by atoms with Gasteiger partial charge < -0.3 is 25.2 Å². The van der Waals surface area contributed by atoms with Gasteiger partial charge in [-0.3, -0.25) is 4.99 Å². The van der Waals surface area contributed by atoms with Crippen molar-refractivity contribution in [2.24, 2.45) is 4.99 Å². The third-order valence-corrected chi connectivity index (χ3v) is 5.05. The molecule has 2 heterocycles. The van der Waals surface area contributed by atoms with Crippen LogP contribution in [0.2, 0.25) is 0 Å². The Morgan fingerprint density at radius 1 is 1.48 bits per heavy atom. The fourth-order valence-electron chi connectivity index (χ4n) is 2.46. The number of aliphatic imine (C=N–C) groups is 1. The number of nitrogens with zero attached hydrogens (tertiary/aromatic N) is 1. The predicted molar refractivity (Wildman–Crippen MR) is 106 cm³/mol. The third-order valence-electron chi connectivity index (χ3n) is 3.81. The van der Waals surface area contributed by atoms with E-state index in [-0.39, 0.29) is 30.1 Å². The first kappa shape index (κ1) is 21.3. The molecule has 0 saturated carbocycles. The van der Waals surface area contributed by atoms with E-state index >= 15 is 0 Å². The van der Waals surface area contributed by atoms with E-state index in [1.54, 1.807) is 11.8 Å². The van der Waals surface area contributed by atoms with Crippen LogP contribution in [-0.2, 0) is 9.47 Å². The van der Waals surface area contributed by atoms with Crippen molar-refractivity contribution in [1.82, 2.24) is 10.6 Å². The average molecular weight is 459 g/mol. The van der Waals surface area contributed by atoms with Crippen LogP contribution in [0.15, 0.2) is 4.99 Å². The zero-order valence-corrected chi connectivity index (χ0v) is 17.0. The van der Waals surface area contributed by atoms with E-state index in [2.05, 4.69) is 15.6 Å². The van der Waals surface area contributed by atoms with Crippen LogP contribution < -0.4 is 10.6 Å². The number of thioether (sulfide) groups is 1. The molecule has 0 aromatic carbocycles. The highest BCUT2D eigenvalue weighted by Gasteiger charge is 2.31. The second kappa shape index (κ2) is 11.7. The van der Waals surface area contributed by atoms with E-state index in [1.807, 2.05) is 6.92 Å². The van der Waals surface area contributed by atoms with Gasteiger partial charge in [0.05, 0.1) is 24.9 Å². The maximum absolute atomic E-state index is 10.3. The minimum Gasteiger partial charge on any atom is -0.387 e. The first-order valence-electron chi connectivity index (χ1n) is 8.23. The van der Waals surface area contributed by atoms with Gasteiger partial charge in [0.2, 0.25) is 0 Å². The van der Waals surface area contributed by atoms with E-state index in [0.717, 1.165) is 69.6 Å². The second-order valence-corrected chi connectivity index (χ2v) is 6.96. The van der Waals surface area contributed by atoms with Crippen molar-refractivity contribution in [2.45, 2.75) is 37.9 Å². The van der Waals surface area contributed by atoms with Crippen molar-refractivity contribution in [3.05, 3.63) is 0 Å². The molecule has 3 N–H and O–H groups in total. The van der Waals surface area contributed by atoms with Crippen molar-refractivity contribution < 1.29 is 14.6 Å². The van der Waals surface area contributed by atoms with Crippen LogP contribution in [-0.4, -0.2) is 73.7 Å². The van der Waals surface area contributed by atoms with Crippen LogP contribution in [0.25, 0.3) is 0 Å². The molecule has 0 amide bonds. The van der Waals surface area contributed by atoms with Gasteiger partial charge in [-0.2, -0.15) is 11.8 Å². The SMILES string of the molecule is CCNC(=NCC1(O)CCSC1)NCCCOC1CCOC1.I. The molecule has 6 nitrogen and oxygen atoms in total. The Morgan fingerprint density at radius 2 is 2.35 bits per heavy atom. The van der Waals surface area contributed by atoms with Gasteiger partial charge >= 0.3 is 0 Å². The fraction of sp³-hybridized carbons (Fsp3) is 0.933. The minimum atomic E-state index is -0.626. The lowest BCUT2D eigenvalue weighted by Crippen LogP contribution is -2.40. The van der Waals surface area contributed by atoms with Crippen molar-refractivity contribution in [3.8, 4) is 0 Å². The van der Waals surface area contributed by atoms with E-state index in [1.165, 1.54) is 0 Å². The van der Waals surface area contributed by atoms with Gasteiger partial charge in [0.15, 0.2) is 5.96 Å². The summed E-state index contributed by atoms with van der Waals surface area (Å²) in [6.45, 7) is 6.42. The molecule has 0 aromatic rings. The van der Waals surface area contributed by atoms with Crippen molar-refractivity contribution >= 4 is 41.7 Å². The molecular formula is C15H30IN3O3S. The molecule has 0 bridgehead atoms.